The number of ketones is 1. The van der Waals surface area contributed by atoms with Crippen molar-refractivity contribution in [2.24, 2.45) is 5.41 Å². The van der Waals surface area contributed by atoms with E-state index in [9.17, 15) is 9.59 Å². The van der Waals surface area contributed by atoms with Crippen molar-refractivity contribution in [1.29, 1.82) is 0 Å². The van der Waals surface area contributed by atoms with E-state index in [4.69, 9.17) is 4.74 Å². The van der Waals surface area contributed by atoms with Gasteiger partial charge in [-0.25, -0.2) is 4.79 Å². The summed E-state index contributed by atoms with van der Waals surface area (Å²) in [6.45, 7) is 10.2. The van der Waals surface area contributed by atoms with Crippen LogP contribution in [0.5, 0.6) is 0 Å². The number of nitrogens with zero attached hydrogens (tertiary/aromatic N) is 1. The molecular weight excluding hydrogens is 302 g/mol. The van der Waals surface area contributed by atoms with Crippen LogP contribution < -0.4 is 0 Å². The predicted octanol–water partition coefficient (Wildman–Crippen LogP) is 4.00. The second-order valence-electron chi connectivity index (χ2n) is 7.51. The van der Waals surface area contributed by atoms with E-state index in [1.54, 1.807) is 11.0 Å². The van der Waals surface area contributed by atoms with Gasteiger partial charge in [-0.1, -0.05) is 36.4 Å². The second-order valence-corrected chi connectivity index (χ2v) is 7.51. The van der Waals surface area contributed by atoms with Gasteiger partial charge in [-0.15, -0.1) is 6.58 Å². The highest BCUT2D eigenvalue weighted by Crippen LogP contribution is 2.35. The Morgan fingerprint density at radius 2 is 2.00 bits per heavy atom. The quantitative estimate of drug-likeness (QED) is 0.784. The van der Waals surface area contributed by atoms with Gasteiger partial charge in [-0.2, -0.15) is 0 Å². The molecule has 4 heteroatoms. The van der Waals surface area contributed by atoms with Gasteiger partial charge in [0, 0.05) is 19.5 Å². The van der Waals surface area contributed by atoms with Gasteiger partial charge in [-0.05, 0) is 39.2 Å². The van der Waals surface area contributed by atoms with Crippen molar-refractivity contribution in [3.05, 3.63) is 48.6 Å². The molecule has 0 N–H and O–H groups in total. The molecule has 0 unspecified atom stereocenters. The first-order chi connectivity index (χ1) is 11.3. The number of carbonyl (C=O) groups excluding carboxylic acids is 2. The maximum absolute atomic E-state index is 12.7. The van der Waals surface area contributed by atoms with Crippen LogP contribution in [-0.4, -0.2) is 35.5 Å². The third-order valence-electron chi connectivity index (χ3n) is 4.27. The zero-order valence-electron chi connectivity index (χ0n) is 14.9. The minimum Gasteiger partial charge on any atom is -0.444 e. The van der Waals surface area contributed by atoms with E-state index in [2.05, 4.69) is 6.58 Å². The SMILES string of the molecule is C=CC[C@]1(Cc2ccccc2)CN(C(=O)OC(C)(C)C)CCC1=O. The summed E-state index contributed by atoms with van der Waals surface area (Å²) in [7, 11) is 0. The highest BCUT2D eigenvalue weighted by Gasteiger charge is 2.43. The van der Waals surface area contributed by atoms with Crippen LogP contribution >= 0.6 is 0 Å². The molecule has 24 heavy (non-hydrogen) atoms. The van der Waals surface area contributed by atoms with Gasteiger partial charge in [0.15, 0.2) is 0 Å². The Morgan fingerprint density at radius 3 is 2.58 bits per heavy atom. The topological polar surface area (TPSA) is 46.6 Å². The Hall–Kier alpha value is -2.10. The summed E-state index contributed by atoms with van der Waals surface area (Å²) in [5.41, 5.74) is -0.0594. The van der Waals surface area contributed by atoms with Crippen LogP contribution in [-0.2, 0) is 16.0 Å². The number of hydrogen-bond acceptors (Lipinski definition) is 3. The summed E-state index contributed by atoms with van der Waals surface area (Å²) in [6, 6.07) is 9.93. The number of hydrogen-bond donors (Lipinski definition) is 0. The van der Waals surface area contributed by atoms with E-state index in [-0.39, 0.29) is 11.9 Å². The molecule has 1 atom stereocenters. The number of carbonyl (C=O) groups is 2. The first-order valence-corrected chi connectivity index (χ1v) is 8.42. The summed E-state index contributed by atoms with van der Waals surface area (Å²) < 4.78 is 5.48. The number of Topliss-reactive ketones (excluding diaryl/α,β-unsaturated/α-hetero) is 1. The van der Waals surface area contributed by atoms with Gasteiger partial charge in [0.2, 0.25) is 0 Å². The maximum atomic E-state index is 12.7. The van der Waals surface area contributed by atoms with Crippen LogP contribution in [0.3, 0.4) is 0 Å². The molecule has 1 amide bonds. The monoisotopic (exact) mass is 329 g/mol. The van der Waals surface area contributed by atoms with E-state index < -0.39 is 11.0 Å². The molecule has 0 bridgehead atoms. The molecule has 1 fully saturated rings. The normalized spacial score (nSPS) is 21.5. The zero-order valence-corrected chi connectivity index (χ0v) is 14.9. The lowest BCUT2D eigenvalue weighted by molar-refractivity contribution is -0.133. The average molecular weight is 329 g/mol. The lowest BCUT2D eigenvalue weighted by Crippen LogP contribution is -2.53. The summed E-state index contributed by atoms with van der Waals surface area (Å²) in [4.78, 5) is 26.8. The second kappa shape index (κ2) is 7.20. The van der Waals surface area contributed by atoms with E-state index in [0.717, 1.165) is 5.56 Å². The number of likely N-dealkylation sites (tertiary alicyclic amines) is 1. The third kappa shape index (κ3) is 4.47. The van der Waals surface area contributed by atoms with E-state index in [1.165, 1.54) is 0 Å². The Labute approximate surface area is 144 Å². The largest absolute Gasteiger partial charge is 0.444 e. The van der Waals surface area contributed by atoms with E-state index in [0.29, 0.717) is 32.4 Å². The first-order valence-electron chi connectivity index (χ1n) is 8.42. The summed E-state index contributed by atoms with van der Waals surface area (Å²) in [5.74, 6) is 0.200. The Kier molecular flexibility index (Phi) is 5.47. The molecule has 130 valence electrons. The molecule has 0 aliphatic carbocycles. The number of amides is 1. The van der Waals surface area contributed by atoms with Crippen LogP contribution in [0, 0.1) is 5.41 Å². The minimum atomic E-state index is -0.613. The third-order valence-corrected chi connectivity index (χ3v) is 4.27. The number of ether oxygens (including phenoxy) is 1. The molecular formula is C20H27NO3. The zero-order chi connectivity index (χ0) is 17.8. The molecule has 1 aromatic rings. The fourth-order valence-electron chi connectivity index (χ4n) is 3.18. The van der Waals surface area contributed by atoms with Crippen LogP contribution in [0.2, 0.25) is 0 Å². The highest BCUT2D eigenvalue weighted by molar-refractivity contribution is 5.88. The molecule has 2 rings (SSSR count). The summed E-state index contributed by atoms with van der Waals surface area (Å²) >= 11 is 0. The number of benzene rings is 1. The minimum absolute atomic E-state index is 0.200. The number of allylic oxidation sites excluding steroid dienone is 1. The van der Waals surface area contributed by atoms with Gasteiger partial charge in [0.1, 0.15) is 11.4 Å². The molecule has 0 aromatic heterocycles. The van der Waals surface area contributed by atoms with Crippen LogP contribution in [0.15, 0.2) is 43.0 Å². The van der Waals surface area contributed by atoms with Gasteiger partial charge >= 0.3 is 6.09 Å². The Morgan fingerprint density at radius 1 is 1.33 bits per heavy atom. The van der Waals surface area contributed by atoms with Crippen molar-refractivity contribution in [3.63, 3.8) is 0 Å². The molecule has 1 heterocycles. The molecule has 1 saturated heterocycles. The summed E-state index contributed by atoms with van der Waals surface area (Å²) in [5, 5.41) is 0. The van der Waals surface area contributed by atoms with Crippen LogP contribution in [0.25, 0.3) is 0 Å². The molecule has 4 nitrogen and oxygen atoms in total. The predicted molar refractivity (Wildman–Crippen MR) is 94.8 cm³/mol. The van der Waals surface area contributed by atoms with Crippen molar-refractivity contribution < 1.29 is 14.3 Å². The lowest BCUT2D eigenvalue weighted by atomic mass is 9.72. The van der Waals surface area contributed by atoms with Crippen LogP contribution in [0.4, 0.5) is 4.79 Å². The van der Waals surface area contributed by atoms with Crippen molar-refractivity contribution >= 4 is 11.9 Å². The molecule has 0 saturated carbocycles. The molecule has 0 spiro atoms. The maximum Gasteiger partial charge on any atom is 0.410 e. The summed E-state index contributed by atoms with van der Waals surface area (Å²) in [6.07, 6.45) is 2.95. The first kappa shape index (κ1) is 18.2. The molecule has 1 aliphatic heterocycles. The van der Waals surface area contributed by atoms with Gasteiger partial charge in [-0.3, -0.25) is 4.79 Å². The van der Waals surface area contributed by atoms with Gasteiger partial charge in [0.05, 0.1) is 5.41 Å². The molecule has 0 radical (unpaired) electrons. The highest BCUT2D eigenvalue weighted by atomic mass is 16.6. The van der Waals surface area contributed by atoms with Crippen molar-refractivity contribution in [2.45, 2.75) is 45.6 Å². The average Bonchev–Trinajstić information content (AvgIpc) is 2.49. The Bertz CT molecular complexity index is 603. The fourth-order valence-corrected chi connectivity index (χ4v) is 3.18. The van der Waals surface area contributed by atoms with Crippen LogP contribution in [0.1, 0.15) is 39.2 Å². The van der Waals surface area contributed by atoms with Gasteiger partial charge in [0.25, 0.3) is 0 Å². The molecule has 1 aromatic carbocycles. The van der Waals surface area contributed by atoms with Crippen molar-refractivity contribution in [1.82, 2.24) is 4.90 Å². The van der Waals surface area contributed by atoms with E-state index >= 15 is 0 Å². The van der Waals surface area contributed by atoms with Gasteiger partial charge < -0.3 is 9.64 Å². The number of rotatable bonds is 4. The van der Waals surface area contributed by atoms with Crippen molar-refractivity contribution in [3.8, 4) is 0 Å². The fraction of sp³-hybridized carbons (Fsp3) is 0.500. The lowest BCUT2D eigenvalue weighted by Gasteiger charge is -2.41. The smallest absolute Gasteiger partial charge is 0.410 e. The van der Waals surface area contributed by atoms with E-state index in [1.807, 2.05) is 51.1 Å². The molecule has 1 aliphatic rings. The van der Waals surface area contributed by atoms with Crippen molar-refractivity contribution in [2.75, 3.05) is 13.1 Å². The number of piperidine rings is 1. The standard InChI is InChI=1S/C20H27NO3/c1-5-12-20(14-16-9-7-6-8-10-16)15-21(13-11-17(20)22)18(23)24-19(2,3)4/h5-10H,1,11-15H2,2-4H3/t20-/m0/s1. The Balaban J connectivity index is 2.22.